The molecule has 0 unspecified atom stereocenters. The summed E-state index contributed by atoms with van der Waals surface area (Å²) in [5.41, 5.74) is 14.6. The fraction of sp³-hybridized carbons (Fsp3) is 0. The van der Waals surface area contributed by atoms with Gasteiger partial charge in [0.25, 0.3) is 0 Å². The van der Waals surface area contributed by atoms with E-state index >= 15 is 0 Å². The molecule has 13 aromatic rings. The molecule has 0 bridgehead atoms. The molecule has 270 valence electrons. The fourth-order valence-electron chi connectivity index (χ4n) is 9.70. The third-order valence-corrected chi connectivity index (χ3v) is 12.2. The fourth-order valence-corrected chi connectivity index (χ4v) is 9.70. The minimum Gasteiger partial charge on any atom is -0.454 e. The van der Waals surface area contributed by atoms with Gasteiger partial charge in [0.2, 0.25) is 0 Å². The largest absolute Gasteiger partial charge is 0.454 e. The molecule has 4 heteroatoms. The smallest absolute Gasteiger partial charge is 0.159 e. The first-order valence-corrected chi connectivity index (χ1v) is 19.8. The van der Waals surface area contributed by atoms with Gasteiger partial charge in [0.05, 0.1) is 38.8 Å². The Morgan fingerprint density at radius 1 is 0.276 bits per heavy atom. The van der Waals surface area contributed by atoms with Gasteiger partial charge in [0.15, 0.2) is 5.58 Å². The number of benzene rings is 9. The molecule has 0 spiro atoms. The van der Waals surface area contributed by atoms with Gasteiger partial charge < -0.3 is 18.1 Å². The van der Waals surface area contributed by atoms with Crippen molar-refractivity contribution in [3.8, 4) is 28.2 Å². The van der Waals surface area contributed by atoms with E-state index in [1.54, 1.807) is 0 Å². The number of hydrogen-bond donors (Lipinski definition) is 0. The van der Waals surface area contributed by atoms with E-state index in [2.05, 4.69) is 208 Å². The lowest BCUT2D eigenvalue weighted by Crippen LogP contribution is -1.97. The molecule has 0 atom stereocenters. The Morgan fingerprint density at radius 3 is 1.21 bits per heavy atom. The number of para-hydroxylation sites is 6. The van der Waals surface area contributed by atoms with Gasteiger partial charge in [-0.15, -0.1) is 0 Å². The Kier molecular flexibility index (Phi) is 6.41. The Hall–Kier alpha value is -7.82. The number of rotatable bonds is 4. The molecule has 0 N–H and O–H groups in total. The quantitative estimate of drug-likeness (QED) is 0.177. The summed E-state index contributed by atoms with van der Waals surface area (Å²) in [6.07, 6.45) is 0. The van der Waals surface area contributed by atoms with Crippen LogP contribution in [0.5, 0.6) is 0 Å². The number of fused-ring (bicyclic) bond motifs is 12. The first-order chi connectivity index (χ1) is 28.8. The van der Waals surface area contributed by atoms with Crippen molar-refractivity contribution < 1.29 is 4.42 Å². The van der Waals surface area contributed by atoms with Gasteiger partial charge in [-0.3, -0.25) is 0 Å². The zero-order valence-corrected chi connectivity index (χ0v) is 31.3. The summed E-state index contributed by atoms with van der Waals surface area (Å²) in [6.45, 7) is 0. The summed E-state index contributed by atoms with van der Waals surface area (Å²) in [5, 5.41) is 9.71. The Morgan fingerprint density at radius 2 is 0.672 bits per heavy atom. The second-order valence-electron chi connectivity index (χ2n) is 15.3. The number of furan rings is 1. The lowest BCUT2D eigenvalue weighted by Gasteiger charge is -2.12. The van der Waals surface area contributed by atoms with Crippen molar-refractivity contribution in [3.05, 3.63) is 200 Å². The second kappa shape index (κ2) is 11.8. The first-order valence-electron chi connectivity index (χ1n) is 19.8. The van der Waals surface area contributed by atoms with Crippen LogP contribution in [0.15, 0.2) is 205 Å². The van der Waals surface area contributed by atoms with Gasteiger partial charge in [-0.2, -0.15) is 0 Å². The van der Waals surface area contributed by atoms with Crippen LogP contribution < -0.4 is 0 Å². The van der Waals surface area contributed by atoms with E-state index in [1.165, 1.54) is 65.5 Å². The van der Waals surface area contributed by atoms with Crippen LogP contribution in [0, 0.1) is 0 Å². The zero-order valence-electron chi connectivity index (χ0n) is 31.3. The SMILES string of the molecule is c1ccc2c(c1)oc1c(-n3c4ccccc4c4cc(-c5ccc6c(c5)c5ccccc5n6-c5ccc(-n6c7ccccc7c7ccccc76)cc5)ccc43)cccc12. The van der Waals surface area contributed by atoms with Crippen LogP contribution >= 0.6 is 0 Å². The normalized spacial score (nSPS) is 12.1. The van der Waals surface area contributed by atoms with Crippen LogP contribution in [0.25, 0.3) is 116 Å². The maximum absolute atomic E-state index is 6.54. The third-order valence-electron chi connectivity index (χ3n) is 12.2. The van der Waals surface area contributed by atoms with Crippen molar-refractivity contribution in [1.29, 1.82) is 0 Å². The molecule has 4 nitrogen and oxygen atoms in total. The molecule has 0 amide bonds. The minimum absolute atomic E-state index is 0.902. The van der Waals surface area contributed by atoms with Crippen LogP contribution in [0.4, 0.5) is 0 Å². The molecule has 0 radical (unpaired) electrons. The Balaban J connectivity index is 0.949. The summed E-state index contributed by atoms with van der Waals surface area (Å²) in [6, 6.07) is 72.5. The second-order valence-corrected chi connectivity index (χ2v) is 15.3. The van der Waals surface area contributed by atoms with E-state index in [4.69, 9.17) is 4.42 Å². The van der Waals surface area contributed by atoms with Gasteiger partial charge in [-0.25, -0.2) is 0 Å². The molecule has 4 aromatic heterocycles. The minimum atomic E-state index is 0.902. The molecule has 0 fully saturated rings. The van der Waals surface area contributed by atoms with E-state index in [0.717, 1.165) is 50.0 Å². The van der Waals surface area contributed by atoms with E-state index < -0.39 is 0 Å². The molecule has 0 saturated carbocycles. The molecule has 4 heterocycles. The molecule has 58 heavy (non-hydrogen) atoms. The predicted octanol–water partition coefficient (Wildman–Crippen LogP) is 14.5. The zero-order chi connectivity index (χ0) is 37.9. The topological polar surface area (TPSA) is 27.9 Å². The molecule has 0 aliphatic rings. The standard InChI is InChI=1S/C54H33N3O/c1-6-18-46-38(12-1)39-13-2-7-19-47(39)55(46)36-26-28-37(29-27-36)56-48-20-8-3-14-40(48)44-32-34(24-30-50(44)56)35-25-31-51-45(33-35)41-15-4-9-21-49(41)57(51)52-22-11-17-43-42-16-5-10-23-53(42)58-54(43)52/h1-33H. The summed E-state index contributed by atoms with van der Waals surface area (Å²) in [4.78, 5) is 0. The lowest BCUT2D eigenvalue weighted by molar-refractivity contribution is 0.666. The average molecular weight is 740 g/mol. The number of hydrogen-bond acceptors (Lipinski definition) is 1. The van der Waals surface area contributed by atoms with Crippen LogP contribution in [-0.2, 0) is 0 Å². The summed E-state index contributed by atoms with van der Waals surface area (Å²) < 4.78 is 13.7. The molecule has 0 saturated heterocycles. The lowest BCUT2D eigenvalue weighted by atomic mass is 10.0. The molecule has 9 aromatic carbocycles. The van der Waals surface area contributed by atoms with Gasteiger partial charge in [0.1, 0.15) is 5.58 Å². The van der Waals surface area contributed by atoms with Gasteiger partial charge in [-0.05, 0) is 96.1 Å². The van der Waals surface area contributed by atoms with Crippen molar-refractivity contribution in [2.75, 3.05) is 0 Å². The van der Waals surface area contributed by atoms with Gasteiger partial charge in [-0.1, -0.05) is 115 Å². The first kappa shape index (κ1) is 31.4. The highest BCUT2D eigenvalue weighted by atomic mass is 16.3. The predicted molar refractivity (Wildman–Crippen MR) is 242 cm³/mol. The average Bonchev–Trinajstić information content (AvgIpc) is 4.03. The third kappa shape index (κ3) is 4.34. The highest BCUT2D eigenvalue weighted by molar-refractivity contribution is 6.15. The Bertz CT molecular complexity index is 3740. The van der Waals surface area contributed by atoms with Gasteiger partial charge in [0, 0.05) is 54.5 Å². The monoisotopic (exact) mass is 739 g/mol. The van der Waals surface area contributed by atoms with E-state index in [9.17, 15) is 0 Å². The molecular weight excluding hydrogens is 707 g/mol. The number of nitrogens with zero attached hydrogens (tertiary/aromatic N) is 3. The maximum atomic E-state index is 6.54. The van der Waals surface area contributed by atoms with Crippen LogP contribution in [0.2, 0.25) is 0 Å². The Labute approximate surface area is 332 Å². The highest BCUT2D eigenvalue weighted by Gasteiger charge is 2.19. The highest BCUT2D eigenvalue weighted by Crippen LogP contribution is 2.41. The van der Waals surface area contributed by atoms with Crippen LogP contribution in [-0.4, -0.2) is 13.7 Å². The van der Waals surface area contributed by atoms with Crippen LogP contribution in [0.3, 0.4) is 0 Å². The van der Waals surface area contributed by atoms with Crippen molar-refractivity contribution in [3.63, 3.8) is 0 Å². The van der Waals surface area contributed by atoms with Crippen molar-refractivity contribution in [2.24, 2.45) is 0 Å². The summed E-state index contributed by atoms with van der Waals surface area (Å²) >= 11 is 0. The van der Waals surface area contributed by atoms with E-state index in [0.29, 0.717) is 0 Å². The van der Waals surface area contributed by atoms with Gasteiger partial charge >= 0.3 is 0 Å². The van der Waals surface area contributed by atoms with Crippen molar-refractivity contribution in [1.82, 2.24) is 13.7 Å². The molecule has 0 aliphatic carbocycles. The van der Waals surface area contributed by atoms with Crippen LogP contribution in [0.1, 0.15) is 0 Å². The summed E-state index contributed by atoms with van der Waals surface area (Å²) in [5.74, 6) is 0. The molecule has 0 aliphatic heterocycles. The van der Waals surface area contributed by atoms with E-state index in [-0.39, 0.29) is 0 Å². The molecular formula is C54H33N3O. The van der Waals surface area contributed by atoms with Crippen molar-refractivity contribution >= 4 is 87.4 Å². The maximum Gasteiger partial charge on any atom is 0.159 e. The number of aromatic nitrogens is 3. The molecule has 13 rings (SSSR count). The van der Waals surface area contributed by atoms with E-state index in [1.807, 2.05) is 6.07 Å². The summed E-state index contributed by atoms with van der Waals surface area (Å²) in [7, 11) is 0. The van der Waals surface area contributed by atoms with Crippen molar-refractivity contribution in [2.45, 2.75) is 0 Å².